The van der Waals surface area contributed by atoms with Crippen molar-refractivity contribution in [3.63, 3.8) is 0 Å². The van der Waals surface area contributed by atoms with E-state index in [0.29, 0.717) is 11.2 Å². The number of fused-ring (bicyclic) bond motifs is 1. The molecule has 2 aromatic rings. The Morgan fingerprint density at radius 3 is 2.60 bits per heavy atom. The molecule has 15 heavy (non-hydrogen) atoms. The normalized spacial score (nSPS) is 10.9. The molecular weight excluding hydrogens is 193 g/mol. The first-order valence-electron chi connectivity index (χ1n) is 4.78. The minimum absolute atomic E-state index is 0.0365. The number of halogens is 1. The number of carbonyl (C=O) groups excluding carboxylic acids is 1. The second-order valence-electron chi connectivity index (χ2n) is 3.72. The average Bonchev–Trinajstić information content (AvgIpc) is 2.40. The fraction of sp³-hybridized carbons (Fsp3) is 0.250. The lowest BCUT2D eigenvalue weighted by molar-refractivity contribution is 0.101. The summed E-state index contributed by atoms with van der Waals surface area (Å²) in [5.74, 6) is -0.323. The smallest absolute Gasteiger partial charge is 0.176 e. The Kier molecular flexibility index (Phi) is 2.11. The SMILES string of the molecule is CC(=O)c1c(C)c2cccc(F)c2n1C. The summed E-state index contributed by atoms with van der Waals surface area (Å²) in [4.78, 5) is 11.4. The number of Topliss-reactive ketones (excluding diaryl/α,β-unsaturated/α-hetero) is 1. The molecule has 1 heterocycles. The molecule has 0 radical (unpaired) electrons. The molecule has 3 heteroatoms. The number of benzene rings is 1. The highest BCUT2D eigenvalue weighted by Gasteiger charge is 2.16. The zero-order chi connectivity index (χ0) is 11.2. The van der Waals surface area contributed by atoms with Gasteiger partial charge in [0.05, 0.1) is 11.2 Å². The van der Waals surface area contributed by atoms with Crippen molar-refractivity contribution < 1.29 is 9.18 Å². The Morgan fingerprint density at radius 2 is 2.07 bits per heavy atom. The predicted octanol–water partition coefficient (Wildman–Crippen LogP) is 2.83. The number of ketones is 1. The second kappa shape index (κ2) is 3.19. The fourth-order valence-corrected chi connectivity index (χ4v) is 2.15. The summed E-state index contributed by atoms with van der Waals surface area (Å²) in [5.41, 5.74) is 1.93. The summed E-state index contributed by atoms with van der Waals surface area (Å²) < 4.78 is 15.2. The van der Waals surface area contributed by atoms with Crippen LogP contribution in [0, 0.1) is 12.7 Å². The van der Waals surface area contributed by atoms with Gasteiger partial charge in [-0.2, -0.15) is 0 Å². The Bertz CT molecular complexity index is 554. The van der Waals surface area contributed by atoms with Crippen molar-refractivity contribution in [2.75, 3.05) is 0 Å². The van der Waals surface area contributed by atoms with Crippen LogP contribution in [0.25, 0.3) is 10.9 Å². The van der Waals surface area contributed by atoms with Gasteiger partial charge in [-0.15, -0.1) is 0 Å². The Labute approximate surface area is 87.3 Å². The predicted molar refractivity (Wildman–Crippen MR) is 57.6 cm³/mol. The third-order valence-electron chi connectivity index (χ3n) is 2.75. The van der Waals surface area contributed by atoms with Crippen LogP contribution >= 0.6 is 0 Å². The van der Waals surface area contributed by atoms with E-state index in [0.717, 1.165) is 10.9 Å². The number of nitrogens with zero attached hydrogens (tertiary/aromatic N) is 1. The molecule has 0 saturated carbocycles. The van der Waals surface area contributed by atoms with E-state index in [1.54, 1.807) is 17.7 Å². The minimum Gasteiger partial charge on any atom is -0.339 e. The highest BCUT2D eigenvalue weighted by atomic mass is 19.1. The van der Waals surface area contributed by atoms with Crippen LogP contribution in [0.15, 0.2) is 18.2 Å². The van der Waals surface area contributed by atoms with Gasteiger partial charge in [0.25, 0.3) is 0 Å². The molecule has 78 valence electrons. The van der Waals surface area contributed by atoms with Crippen LogP contribution < -0.4 is 0 Å². The molecule has 0 atom stereocenters. The Morgan fingerprint density at radius 1 is 1.40 bits per heavy atom. The molecule has 1 aromatic carbocycles. The molecule has 0 spiro atoms. The van der Waals surface area contributed by atoms with E-state index in [4.69, 9.17) is 0 Å². The van der Waals surface area contributed by atoms with Crippen molar-refractivity contribution >= 4 is 16.7 Å². The van der Waals surface area contributed by atoms with E-state index in [1.807, 2.05) is 13.0 Å². The number of hydrogen-bond donors (Lipinski definition) is 0. The molecule has 0 aliphatic carbocycles. The summed E-state index contributed by atoms with van der Waals surface area (Å²) in [7, 11) is 1.72. The molecule has 1 aromatic heterocycles. The van der Waals surface area contributed by atoms with Gasteiger partial charge < -0.3 is 4.57 Å². The number of aromatic nitrogens is 1. The van der Waals surface area contributed by atoms with Gasteiger partial charge in [0.2, 0.25) is 0 Å². The number of carbonyl (C=O) groups is 1. The van der Waals surface area contributed by atoms with Crippen molar-refractivity contribution in [3.8, 4) is 0 Å². The van der Waals surface area contributed by atoms with Crippen LogP contribution in [0.1, 0.15) is 23.0 Å². The van der Waals surface area contributed by atoms with Gasteiger partial charge in [-0.1, -0.05) is 12.1 Å². The van der Waals surface area contributed by atoms with E-state index in [-0.39, 0.29) is 11.6 Å². The van der Waals surface area contributed by atoms with Crippen molar-refractivity contribution in [1.29, 1.82) is 0 Å². The van der Waals surface area contributed by atoms with E-state index in [2.05, 4.69) is 0 Å². The van der Waals surface area contributed by atoms with Crippen molar-refractivity contribution in [3.05, 3.63) is 35.3 Å². The van der Waals surface area contributed by atoms with Gasteiger partial charge in [-0.3, -0.25) is 4.79 Å². The third-order valence-corrected chi connectivity index (χ3v) is 2.75. The Hall–Kier alpha value is -1.64. The first-order valence-corrected chi connectivity index (χ1v) is 4.78. The van der Waals surface area contributed by atoms with Gasteiger partial charge in [-0.25, -0.2) is 4.39 Å². The molecule has 0 N–H and O–H groups in total. The van der Waals surface area contributed by atoms with Gasteiger partial charge in [0.15, 0.2) is 5.78 Å². The second-order valence-corrected chi connectivity index (χ2v) is 3.72. The van der Waals surface area contributed by atoms with Gasteiger partial charge in [0.1, 0.15) is 5.82 Å². The van der Waals surface area contributed by atoms with E-state index in [1.165, 1.54) is 13.0 Å². The molecule has 0 aliphatic rings. The van der Waals surface area contributed by atoms with E-state index in [9.17, 15) is 9.18 Å². The third kappa shape index (κ3) is 1.27. The number of aryl methyl sites for hydroxylation is 2. The first-order chi connectivity index (χ1) is 7.04. The lowest BCUT2D eigenvalue weighted by Gasteiger charge is -2.00. The summed E-state index contributed by atoms with van der Waals surface area (Å²) in [6.45, 7) is 3.34. The summed E-state index contributed by atoms with van der Waals surface area (Å²) in [5, 5.41) is 0.808. The molecule has 2 rings (SSSR count). The highest BCUT2D eigenvalue weighted by molar-refractivity contribution is 6.01. The standard InChI is InChI=1S/C12H12FNO/c1-7-9-5-4-6-10(13)12(9)14(3)11(7)8(2)15/h4-6H,1-3H3. The largest absolute Gasteiger partial charge is 0.339 e. The fourth-order valence-electron chi connectivity index (χ4n) is 2.15. The van der Waals surface area contributed by atoms with Crippen molar-refractivity contribution in [2.45, 2.75) is 13.8 Å². The maximum atomic E-state index is 13.6. The van der Waals surface area contributed by atoms with Gasteiger partial charge in [0, 0.05) is 19.4 Å². The summed E-state index contributed by atoms with van der Waals surface area (Å²) in [6.07, 6.45) is 0. The van der Waals surface area contributed by atoms with Gasteiger partial charge >= 0.3 is 0 Å². The first kappa shape index (κ1) is 9.90. The van der Waals surface area contributed by atoms with Crippen LogP contribution in [0.2, 0.25) is 0 Å². The summed E-state index contributed by atoms with van der Waals surface area (Å²) in [6, 6.07) is 4.90. The lowest BCUT2D eigenvalue weighted by atomic mass is 10.1. The van der Waals surface area contributed by atoms with E-state index < -0.39 is 0 Å². The summed E-state index contributed by atoms with van der Waals surface area (Å²) >= 11 is 0. The topological polar surface area (TPSA) is 22.0 Å². The zero-order valence-corrected chi connectivity index (χ0v) is 8.97. The molecular formula is C12H12FNO. The van der Waals surface area contributed by atoms with Crippen molar-refractivity contribution in [1.82, 2.24) is 4.57 Å². The minimum atomic E-state index is -0.286. The molecule has 0 bridgehead atoms. The average molecular weight is 205 g/mol. The molecule has 0 amide bonds. The van der Waals surface area contributed by atoms with Crippen LogP contribution in [0.3, 0.4) is 0 Å². The number of rotatable bonds is 1. The Balaban J connectivity index is 2.98. The van der Waals surface area contributed by atoms with Gasteiger partial charge in [-0.05, 0) is 18.6 Å². The van der Waals surface area contributed by atoms with Crippen LogP contribution in [0.5, 0.6) is 0 Å². The van der Waals surface area contributed by atoms with Crippen LogP contribution in [-0.2, 0) is 7.05 Å². The maximum Gasteiger partial charge on any atom is 0.176 e. The van der Waals surface area contributed by atoms with E-state index >= 15 is 0 Å². The monoisotopic (exact) mass is 205 g/mol. The molecule has 0 unspecified atom stereocenters. The van der Waals surface area contributed by atoms with Crippen LogP contribution in [0.4, 0.5) is 4.39 Å². The number of hydrogen-bond acceptors (Lipinski definition) is 1. The number of para-hydroxylation sites is 1. The van der Waals surface area contributed by atoms with Crippen molar-refractivity contribution in [2.24, 2.45) is 7.05 Å². The molecule has 0 fully saturated rings. The highest BCUT2D eigenvalue weighted by Crippen LogP contribution is 2.26. The molecule has 0 aliphatic heterocycles. The lowest BCUT2D eigenvalue weighted by Crippen LogP contribution is -2.03. The molecule has 0 saturated heterocycles. The quantitative estimate of drug-likeness (QED) is 0.656. The maximum absolute atomic E-state index is 13.6. The van der Waals surface area contributed by atoms with Crippen LogP contribution in [-0.4, -0.2) is 10.4 Å². The molecule has 2 nitrogen and oxygen atoms in total. The zero-order valence-electron chi connectivity index (χ0n) is 8.97.